The second-order valence-corrected chi connectivity index (χ2v) is 2.91. The molecule has 1 atom stereocenters. The first-order valence-corrected chi connectivity index (χ1v) is 4.21. The van der Waals surface area contributed by atoms with Crippen molar-refractivity contribution in [2.24, 2.45) is 5.73 Å². The van der Waals surface area contributed by atoms with E-state index in [-0.39, 0.29) is 6.04 Å². The fraction of sp³-hybridized carbons (Fsp3) is 0.444. The van der Waals surface area contributed by atoms with Crippen LogP contribution >= 0.6 is 0 Å². The van der Waals surface area contributed by atoms with Crippen molar-refractivity contribution in [3.63, 3.8) is 0 Å². The zero-order valence-electron chi connectivity index (χ0n) is 7.33. The zero-order chi connectivity index (χ0) is 8.97. The van der Waals surface area contributed by atoms with Gasteiger partial charge >= 0.3 is 0 Å². The molecule has 3 heteroatoms. The van der Waals surface area contributed by atoms with Gasteiger partial charge in [0.05, 0.1) is 17.6 Å². The molecule has 1 unspecified atom stereocenters. The Kier molecular flexibility index (Phi) is 3.05. The van der Waals surface area contributed by atoms with Crippen LogP contribution in [0.3, 0.4) is 0 Å². The molecule has 0 saturated carbocycles. The van der Waals surface area contributed by atoms with Gasteiger partial charge in [-0.2, -0.15) is 0 Å². The number of nitrogen functional groups attached to an aromatic ring is 1. The fourth-order valence-corrected chi connectivity index (χ4v) is 1.09. The molecule has 3 nitrogen and oxygen atoms in total. The number of nitrogens with zero attached hydrogens (tertiary/aromatic N) is 1. The predicted molar refractivity (Wildman–Crippen MR) is 50.5 cm³/mol. The molecule has 0 aromatic carbocycles. The Bertz CT molecular complexity index is 230. The molecule has 0 aliphatic rings. The lowest BCUT2D eigenvalue weighted by Gasteiger charge is -2.08. The van der Waals surface area contributed by atoms with Gasteiger partial charge in [0.2, 0.25) is 0 Å². The molecule has 0 bridgehead atoms. The maximum Gasteiger partial charge on any atom is 0.0572 e. The maximum absolute atomic E-state index is 5.85. The van der Waals surface area contributed by atoms with E-state index in [1.165, 1.54) is 0 Å². The first-order valence-electron chi connectivity index (χ1n) is 4.21. The van der Waals surface area contributed by atoms with E-state index in [1.807, 2.05) is 12.1 Å². The van der Waals surface area contributed by atoms with Gasteiger partial charge in [-0.25, -0.2) is 0 Å². The van der Waals surface area contributed by atoms with Gasteiger partial charge in [-0.05, 0) is 18.6 Å². The van der Waals surface area contributed by atoms with Crippen LogP contribution in [0.5, 0.6) is 0 Å². The van der Waals surface area contributed by atoms with Crippen molar-refractivity contribution in [3.8, 4) is 0 Å². The van der Waals surface area contributed by atoms with Gasteiger partial charge in [0.25, 0.3) is 0 Å². The smallest absolute Gasteiger partial charge is 0.0572 e. The molecule has 0 fully saturated rings. The topological polar surface area (TPSA) is 64.9 Å². The van der Waals surface area contributed by atoms with Gasteiger partial charge in [0.15, 0.2) is 0 Å². The highest BCUT2D eigenvalue weighted by Gasteiger charge is 2.04. The van der Waals surface area contributed by atoms with Crippen LogP contribution in [0.25, 0.3) is 0 Å². The molecule has 0 saturated heterocycles. The van der Waals surface area contributed by atoms with Crippen LogP contribution in [-0.2, 0) is 0 Å². The third-order valence-corrected chi connectivity index (χ3v) is 1.79. The van der Waals surface area contributed by atoms with E-state index in [4.69, 9.17) is 11.5 Å². The Labute approximate surface area is 72.8 Å². The average Bonchev–Trinajstić information content (AvgIpc) is 2.06. The summed E-state index contributed by atoms with van der Waals surface area (Å²) < 4.78 is 0. The van der Waals surface area contributed by atoms with E-state index in [0.717, 1.165) is 18.5 Å². The van der Waals surface area contributed by atoms with Crippen LogP contribution in [0.1, 0.15) is 31.5 Å². The summed E-state index contributed by atoms with van der Waals surface area (Å²) in [6.45, 7) is 2.11. The maximum atomic E-state index is 5.85. The lowest BCUT2D eigenvalue weighted by Crippen LogP contribution is -2.11. The Balaban J connectivity index is 2.68. The summed E-state index contributed by atoms with van der Waals surface area (Å²) in [5, 5.41) is 0. The monoisotopic (exact) mass is 165 g/mol. The van der Waals surface area contributed by atoms with E-state index < -0.39 is 0 Å². The van der Waals surface area contributed by atoms with Gasteiger partial charge in [-0.3, -0.25) is 4.98 Å². The average molecular weight is 165 g/mol. The molecule has 4 N–H and O–H groups in total. The van der Waals surface area contributed by atoms with Crippen LogP contribution in [0.15, 0.2) is 18.3 Å². The molecule has 66 valence electrons. The number of pyridine rings is 1. The summed E-state index contributed by atoms with van der Waals surface area (Å²) in [7, 11) is 0. The highest BCUT2D eigenvalue weighted by Crippen LogP contribution is 2.13. The van der Waals surface area contributed by atoms with Gasteiger partial charge < -0.3 is 11.5 Å². The van der Waals surface area contributed by atoms with Crippen molar-refractivity contribution in [2.45, 2.75) is 25.8 Å². The summed E-state index contributed by atoms with van der Waals surface area (Å²) >= 11 is 0. The van der Waals surface area contributed by atoms with Gasteiger partial charge in [0, 0.05) is 6.04 Å². The summed E-state index contributed by atoms with van der Waals surface area (Å²) in [6, 6.07) is 3.77. The Hall–Kier alpha value is -1.09. The van der Waals surface area contributed by atoms with Crippen molar-refractivity contribution in [3.05, 3.63) is 24.0 Å². The third-order valence-electron chi connectivity index (χ3n) is 1.79. The first kappa shape index (κ1) is 9.00. The predicted octanol–water partition coefficient (Wildman–Crippen LogP) is 1.46. The van der Waals surface area contributed by atoms with Crippen molar-refractivity contribution in [1.82, 2.24) is 4.98 Å². The minimum absolute atomic E-state index is 0.0515. The third kappa shape index (κ3) is 2.20. The number of aromatic nitrogens is 1. The van der Waals surface area contributed by atoms with Crippen LogP contribution in [-0.4, -0.2) is 4.98 Å². The molecule has 1 heterocycles. The van der Waals surface area contributed by atoms with E-state index in [2.05, 4.69) is 11.9 Å². The fourth-order valence-electron chi connectivity index (χ4n) is 1.09. The number of hydrogen-bond donors (Lipinski definition) is 2. The van der Waals surface area contributed by atoms with Crippen molar-refractivity contribution < 1.29 is 0 Å². The summed E-state index contributed by atoms with van der Waals surface area (Å²) in [6.07, 6.45) is 3.69. The Morgan fingerprint density at radius 1 is 1.50 bits per heavy atom. The molecule has 1 aromatic heterocycles. The number of anilines is 1. The molecular formula is C9H15N3. The minimum atomic E-state index is 0.0515. The molecule has 12 heavy (non-hydrogen) atoms. The zero-order valence-corrected chi connectivity index (χ0v) is 7.33. The second-order valence-electron chi connectivity index (χ2n) is 2.91. The summed E-state index contributed by atoms with van der Waals surface area (Å²) in [5.74, 6) is 0. The Morgan fingerprint density at radius 2 is 2.25 bits per heavy atom. The quantitative estimate of drug-likeness (QED) is 0.712. The van der Waals surface area contributed by atoms with E-state index >= 15 is 0 Å². The van der Waals surface area contributed by atoms with Crippen LogP contribution in [0.4, 0.5) is 5.69 Å². The lowest BCUT2D eigenvalue weighted by molar-refractivity contribution is 0.622. The highest BCUT2D eigenvalue weighted by atomic mass is 14.8. The molecule has 0 aliphatic carbocycles. The van der Waals surface area contributed by atoms with Gasteiger partial charge in [-0.15, -0.1) is 0 Å². The van der Waals surface area contributed by atoms with Crippen LogP contribution in [0.2, 0.25) is 0 Å². The van der Waals surface area contributed by atoms with Crippen molar-refractivity contribution in [2.75, 3.05) is 5.73 Å². The molecule has 0 spiro atoms. The lowest BCUT2D eigenvalue weighted by atomic mass is 10.1. The van der Waals surface area contributed by atoms with Gasteiger partial charge in [0.1, 0.15) is 0 Å². The summed E-state index contributed by atoms with van der Waals surface area (Å²) in [5.41, 5.74) is 13.0. The van der Waals surface area contributed by atoms with Crippen LogP contribution < -0.4 is 11.5 Å². The number of hydrogen-bond acceptors (Lipinski definition) is 3. The van der Waals surface area contributed by atoms with E-state index in [1.54, 1.807) is 6.20 Å². The van der Waals surface area contributed by atoms with E-state index in [0.29, 0.717) is 5.69 Å². The SMILES string of the molecule is CCCC(N)c1ccc(N)cn1. The molecule has 1 rings (SSSR count). The minimum Gasteiger partial charge on any atom is -0.397 e. The van der Waals surface area contributed by atoms with E-state index in [9.17, 15) is 0 Å². The molecule has 0 amide bonds. The standard InChI is InChI=1S/C9H15N3/c1-2-3-8(11)9-5-4-7(10)6-12-9/h4-6,8H,2-3,10-11H2,1H3. The van der Waals surface area contributed by atoms with Crippen LogP contribution in [0, 0.1) is 0 Å². The summed E-state index contributed by atoms with van der Waals surface area (Å²) in [4.78, 5) is 4.15. The Morgan fingerprint density at radius 3 is 2.75 bits per heavy atom. The number of nitrogens with two attached hydrogens (primary N) is 2. The van der Waals surface area contributed by atoms with Crippen molar-refractivity contribution in [1.29, 1.82) is 0 Å². The molecule has 0 radical (unpaired) electrons. The number of rotatable bonds is 3. The largest absolute Gasteiger partial charge is 0.397 e. The second kappa shape index (κ2) is 4.07. The molecule has 0 aliphatic heterocycles. The molecule has 1 aromatic rings. The van der Waals surface area contributed by atoms with Crippen molar-refractivity contribution >= 4 is 5.69 Å². The van der Waals surface area contributed by atoms with Gasteiger partial charge in [-0.1, -0.05) is 13.3 Å². The molecular weight excluding hydrogens is 150 g/mol. The normalized spacial score (nSPS) is 12.8. The first-order chi connectivity index (χ1) is 5.74. The highest BCUT2D eigenvalue weighted by molar-refractivity contribution is 5.34.